The van der Waals surface area contributed by atoms with E-state index in [1.807, 2.05) is 31.2 Å². The van der Waals surface area contributed by atoms with Crippen molar-refractivity contribution in [3.63, 3.8) is 0 Å². The third kappa shape index (κ3) is 2.63. The molecule has 1 amide bonds. The van der Waals surface area contributed by atoms with Gasteiger partial charge in [-0.15, -0.1) is 0 Å². The summed E-state index contributed by atoms with van der Waals surface area (Å²) < 4.78 is 1.78. The summed E-state index contributed by atoms with van der Waals surface area (Å²) in [5.41, 5.74) is 15.5. The molecule has 6 nitrogen and oxygen atoms in total. The maximum Gasteiger partial charge on any atom is 0.254 e. The summed E-state index contributed by atoms with van der Waals surface area (Å²) in [5.74, 6) is -0.195. The van der Waals surface area contributed by atoms with Gasteiger partial charge in [-0.2, -0.15) is 5.10 Å². The van der Waals surface area contributed by atoms with Gasteiger partial charge in [0, 0.05) is 17.1 Å². The average molecular weight is 335 g/mol. The van der Waals surface area contributed by atoms with Crippen LogP contribution in [-0.4, -0.2) is 20.7 Å². The van der Waals surface area contributed by atoms with Gasteiger partial charge in [-0.25, -0.2) is 4.68 Å². The zero-order valence-corrected chi connectivity index (χ0v) is 14.2. The lowest BCUT2D eigenvalue weighted by Crippen LogP contribution is -2.15. The average Bonchev–Trinajstić information content (AvgIpc) is 3.21. The van der Waals surface area contributed by atoms with Crippen LogP contribution in [0.4, 0.5) is 5.82 Å². The van der Waals surface area contributed by atoms with Crippen molar-refractivity contribution in [3.05, 3.63) is 41.6 Å². The Morgan fingerprint density at radius 3 is 2.72 bits per heavy atom. The van der Waals surface area contributed by atoms with Gasteiger partial charge in [0.05, 0.1) is 11.6 Å². The molecule has 0 saturated heterocycles. The zero-order chi connectivity index (χ0) is 17.6. The van der Waals surface area contributed by atoms with Crippen molar-refractivity contribution >= 4 is 22.6 Å². The van der Waals surface area contributed by atoms with Crippen LogP contribution in [0.25, 0.3) is 22.2 Å². The molecule has 3 aromatic rings. The molecule has 0 atom stereocenters. The second-order valence-electron chi connectivity index (χ2n) is 6.78. The summed E-state index contributed by atoms with van der Waals surface area (Å²) >= 11 is 0. The number of anilines is 1. The first-order valence-corrected chi connectivity index (χ1v) is 8.59. The van der Waals surface area contributed by atoms with Crippen molar-refractivity contribution in [3.8, 4) is 11.3 Å². The van der Waals surface area contributed by atoms with Crippen LogP contribution in [0.5, 0.6) is 0 Å². The van der Waals surface area contributed by atoms with E-state index in [1.165, 1.54) is 0 Å². The van der Waals surface area contributed by atoms with E-state index in [9.17, 15) is 4.79 Å². The van der Waals surface area contributed by atoms with Crippen LogP contribution < -0.4 is 11.5 Å². The molecule has 4 N–H and O–H groups in total. The van der Waals surface area contributed by atoms with Crippen molar-refractivity contribution < 1.29 is 4.79 Å². The van der Waals surface area contributed by atoms with Gasteiger partial charge in [0.2, 0.25) is 0 Å². The van der Waals surface area contributed by atoms with Gasteiger partial charge in [0.15, 0.2) is 0 Å². The Morgan fingerprint density at radius 2 is 2.00 bits per heavy atom. The van der Waals surface area contributed by atoms with Gasteiger partial charge < -0.3 is 11.5 Å². The van der Waals surface area contributed by atoms with E-state index in [4.69, 9.17) is 11.5 Å². The third-order valence-electron chi connectivity index (χ3n) is 4.98. The monoisotopic (exact) mass is 335 g/mol. The Bertz CT molecular complexity index is 969. The number of carbonyl (C=O) groups is 1. The zero-order valence-electron chi connectivity index (χ0n) is 14.2. The molecule has 1 aromatic carbocycles. The summed E-state index contributed by atoms with van der Waals surface area (Å²) in [6.45, 7) is 2.03. The number of nitrogen functional groups attached to an aromatic ring is 1. The van der Waals surface area contributed by atoms with Crippen LogP contribution in [0.2, 0.25) is 0 Å². The maximum atomic E-state index is 12.0. The number of hydrogen-bond donors (Lipinski definition) is 2. The van der Waals surface area contributed by atoms with Gasteiger partial charge in [0.25, 0.3) is 5.91 Å². The first-order valence-electron chi connectivity index (χ1n) is 8.59. The van der Waals surface area contributed by atoms with E-state index in [-0.39, 0.29) is 6.04 Å². The Hall–Kier alpha value is -2.89. The van der Waals surface area contributed by atoms with Gasteiger partial charge >= 0.3 is 0 Å². The Kier molecular flexibility index (Phi) is 3.67. The van der Waals surface area contributed by atoms with Crippen molar-refractivity contribution in [1.82, 2.24) is 14.8 Å². The van der Waals surface area contributed by atoms with Crippen LogP contribution in [0.1, 0.15) is 47.6 Å². The van der Waals surface area contributed by atoms with Gasteiger partial charge in [-0.1, -0.05) is 25.0 Å². The molecule has 128 valence electrons. The standard InChI is InChI=1S/C19H21N5O/c1-11-6-7-12-9-13(10-22-15(12)8-11)17-16(19(21)25)18(20)24(23-17)14-4-2-3-5-14/h6-10,14H,2-5,20H2,1H3,(H2,21,25). The number of benzene rings is 1. The van der Waals surface area contributed by atoms with Crippen molar-refractivity contribution in [1.29, 1.82) is 0 Å². The molecule has 0 aliphatic heterocycles. The lowest BCUT2D eigenvalue weighted by molar-refractivity contribution is 0.100. The normalized spacial score (nSPS) is 15.1. The summed E-state index contributed by atoms with van der Waals surface area (Å²) in [6.07, 6.45) is 6.09. The van der Waals surface area contributed by atoms with Crippen LogP contribution in [0.3, 0.4) is 0 Å². The fourth-order valence-corrected chi connectivity index (χ4v) is 3.68. The fourth-order valence-electron chi connectivity index (χ4n) is 3.68. The van der Waals surface area contributed by atoms with E-state index in [2.05, 4.69) is 10.1 Å². The molecule has 2 heterocycles. The largest absolute Gasteiger partial charge is 0.383 e. The van der Waals surface area contributed by atoms with E-state index >= 15 is 0 Å². The number of rotatable bonds is 3. The van der Waals surface area contributed by atoms with E-state index in [0.29, 0.717) is 17.1 Å². The van der Waals surface area contributed by atoms with Crippen molar-refractivity contribution in [2.45, 2.75) is 38.6 Å². The van der Waals surface area contributed by atoms with Crippen LogP contribution >= 0.6 is 0 Å². The number of carbonyl (C=O) groups excluding carboxylic acids is 1. The molecule has 1 saturated carbocycles. The predicted octanol–water partition coefficient (Wildman–Crippen LogP) is 3.20. The molecule has 0 bridgehead atoms. The number of hydrogen-bond acceptors (Lipinski definition) is 4. The Morgan fingerprint density at radius 1 is 1.24 bits per heavy atom. The van der Waals surface area contributed by atoms with Crippen LogP contribution in [0.15, 0.2) is 30.5 Å². The summed E-state index contributed by atoms with van der Waals surface area (Å²) in [6, 6.07) is 8.30. The number of fused-ring (bicyclic) bond motifs is 1. The fraction of sp³-hybridized carbons (Fsp3) is 0.316. The highest BCUT2D eigenvalue weighted by Gasteiger charge is 2.27. The number of nitrogens with zero attached hydrogens (tertiary/aromatic N) is 3. The molecule has 6 heteroatoms. The highest BCUT2D eigenvalue weighted by Crippen LogP contribution is 2.35. The third-order valence-corrected chi connectivity index (χ3v) is 4.98. The number of primary amides is 1. The Balaban J connectivity index is 1.87. The summed E-state index contributed by atoms with van der Waals surface area (Å²) in [5, 5.41) is 5.65. The lowest BCUT2D eigenvalue weighted by atomic mass is 10.1. The second kappa shape index (κ2) is 5.88. The minimum Gasteiger partial charge on any atom is -0.383 e. The lowest BCUT2D eigenvalue weighted by Gasteiger charge is -2.11. The highest BCUT2D eigenvalue weighted by atomic mass is 16.1. The molecule has 1 aliphatic rings. The smallest absolute Gasteiger partial charge is 0.254 e. The van der Waals surface area contributed by atoms with Crippen molar-refractivity contribution in [2.75, 3.05) is 5.73 Å². The van der Waals surface area contributed by atoms with Crippen LogP contribution in [0, 0.1) is 6.92 Å². The van der Waals surface area contributed by atoms with E-state index in [1.54, 1.807) is 10.9 Å². The SMILES string of the molecule is Cc1ccc2cc(-c3nn(C4CCCC4)c(N)c3C(N)=O)cnc2c1. The molecule has 4 rings (SSSR count). The van der Waals surface area contributed by atoms with E-state index in [0.717, 1.165) is 47.7 Å². The predicted molar refractivity (Wildman–Crippen MR) is 98.1 cm³/mol. The molecule has 1 aliphatic carbocycles. The molecule has 0 unspecified atom stereocenters. The quantitative estimate of drug-likeness (QED) is 0.767. The van der Waals surface area contributed by atoms with Gasteiger partial charge in [-0.3, -0.25) is 9.78 Å². The molecule has 0 spiro atoms. The Labute approximate surface area is 145 Å². The molecule has 25 heavy (non-hydrogen) atoms. The highest BCUT2D eigenvalue weighted by molar-refractivity contribution is 6.03. The number of amides is 1. The molecule has 0 radical (unpaired) electrons. The maximum absolute atomic E-state index is 12.0. The molecule has 1 fully saturated rings. The molecular weight excluding hydrogens is 314 g/mol. The number of nitrogens with two attached hydrogens (primary N) is 2. The van der Waals surface area contributed by atoms with Gasteiger partial charge in [-0.05, 0) is 37.5 Å². The summed E-state index contributed by atoms with van der Waals surface area (Å²) in [7, 11) is 0. The summed E-state index contributed by atoms with van der Waals surface area (Å²) in [4.78, 5) is 16.5. The molecular formula is C19H21N5O. The van der Waals surface area contributed by atoms with Crippen molar-refractivity contribution in [2.24, 2.45) is 5.73 Å². The topological polar surface area (TPSA) is 99.8 Å². The van der Waals surface area contributed by atoms with E-state index < -0.39 is 5.91 Å². The van der Waals surface area contributed by atoms with Crippen LogP contribution in [-0.2, 0) is 0 Å². The first-order chi connectivity index (χ1) is 12.0. The molecule has 2 aromatic heterocycles. The first kappa shape index (κ1) is 15.6. The number of aryl methyl sites for hydroxylation is 1. The minimum atomic E-state index is -0.555. The number of pyridine rings is 1. The van der Waals surface area contributed by atoms with Gasteiger partial charge in [0.1, 0.15) is 17.1 Å². The number of aromatic nitrogens is 3. The minimum absolute atomic E-state index is 0.239. The second-order valence-corrected chi connectivity index (χ2v) is 6.78.